The molecule has 10 heteroatoms. The third-order valence-corrected chi connectivity index (χ3v) is 11.5. The molecule has 10 nitrogen and oxygen atoms in total. The Hall–Kier alpha value is -1.53. The molecular weight excluding hydrogens is 470 g/mol. The minimum Gasteiger partial charge on any atom is -0.454 e. The van der Waals surface area contributed by atoms with E-state index in [0.29, 0.717) is 0 Å². The molecule has 12 atom stereocenters. The number of ether oxygens (including phenoxy) is 3. The number of carbonyl (C=O) groups is 1. The number of nitrogens with one attached hydrogen (secondary N) is 1. The zero-order valence-electron chi connectivity index (χ0n) is 21.5. The van der Waals surface area contributed by atoms with Gasteiger partial charge in [0.1, 0.15) is 28.6 Å². The number of aliphatic hydroxyl groups excluding tert-OH is 1. The third-order valence-electron chi connectivity index (χ3n) is 11.5. The third kappa shape index (κ3) is 1.95. The van der Waals surface area contributed by atoms with Crippen molar-refractivity contribution in [3.8, 4) is 0 Å². The summed E-state index contributed by atoms with van der Waals surface area (Å²) >= 11 is 0. The first kappa shape index (κ1) is 24.8. The van der Waals surface area contributed by atoms with Crippen molar-refractivity contribution in [2.24, 2.45) is 28.6 Å². The highest BCUT2D eigenvalue weighted by Gasteiger charge is 3.06. The molecule has 3 heterocycles. The molecule has 6 bridgehead atoms. The second-order valence-electron chi connectivity index (χ2n) is 12.6. The van der Waals surface area contributed by atoms with Gasteiger partial charge in [0.2, 0.25) is 0 Å². The van der Waals surface area contributed by atoms with Crippen LogP contribution in [-0.2, 0) is 14.2 Å². The largest absolute Gasteiger partial charge is 0.454 e. The highest BCUT2D eigenvalue weighted by Crippen LogP contribution is 2.89. The topological polar surface area (TPSA) is 162 Å². The van der Waals surface area contributed by atoms with Crippen molar-refractivity contribution < 1.29 is 44.5 Å². The van der Waals surface area contributed by atoms with Gasteiger partial charge in [0.15, 0.2) is 11.4 Å². The molecular formula is C26H37NO9. The van der Waals surface area contributed by atoms with E-state index >= 15 is 0 Å². The van der Waals surface area contributed by atoms with E-state index in [0.717, 1.165) is 0 Å². The van der Waals surface area contributed by atoms with Gasteiger partial charge in [-0.05, 0) is 25.0 Å². The van der Waals surface area contributed by atoms with E-state index in [9.17, 15) is 30.3 Å². The number of aromatic nitrogens is 1. The summed E-state index contributed by atoms with van der Waals surface area (Å²) in [5, 5.41) is 61.3. The van der Waals surface area contributed by atoms with Crippen LogP contribution in [0, 0.1) is 28.6 Å². The van der Waals surface area contributed by atoms with Crippen LogP contribution in [0.4, 0.5) is 0 Å². The molecule has 6 N–H and O–H groups in total. The van der Waals surface area contributed by atoms with Gasteiger partial charge < -0.3 is 44.7 Å². The van der Waals surface area contributed by atoms with Gasteiger partial charge in [-0.3, -0.25) is 0 Å². The average Bonchev–Trinajstić information content (AvgIpc) is 3.42. The normalized spacial score (nSPS) is 58.5. The second kappa shape index (κ2) is 6.54. The summed E-state index contributed by atoms with van der Waals surface area (Å²) < 4.78 is 18.3. The van der Waals surface area contributed by atoms with E-state index in [1.807, 2.05) is 0 Å². The van der Waals surface area contributed by atoms with Crippen molar-refractivity contribution >= 4 is 5.97 Å². The molecule has 1 spiro atoms. The van der Waals surface area contributed by atoms with E-state index in [2.05, 4.69) is 4.98 Å². The summed E-state index contributed by atoms with van der Waals surface area (Å²) in [6.45, 7) is 8.51. The second-order valence-corrected chi connectivity index (χ2v) is 12.6. The van der Waals surface area contributed by atoms with Crippen molar-refractivity contribution in [3.63, 3.8) is 0 Å². The number of rotatable bonds is 4. The van der Waals surface area contributed by atoms with Crippen molar-refractivity contribution in [1.29, 1.82) is 0 Å². The first-order valence-corrected chi connectivity index (χ1v) is 12.7. The summed E-state index contributed by atoms with van der Waals surface area (Å²) in [4.78, 5) is 16.0. The van der Waals surface area contributed by atoms with Crippen LogP contribution in [-0.4, -0.2) is 90.1 Å². The highest BCUT2D eigenvalue weighted by molar-refractivity contribution is 5.87. The maximum absolute atomic E-state index is 13.2. The SMILES string of the molecule is CO[C@H]1[C@@H](C)[C@@H](O)C[C@@]2(O)[C@]13O[C@@]1(O)C[C@]2(C)[C@@H]2[C@H](OC(=O)c4ccc[nH]4)[C@](O)(C(C)C)[C@@]1(C)[C@@]23O. The summed E-state index contributed by atoms with van der Waals surface area (Å²) in [5.74, 6) is -5.00. The fourth-order valence-corrected chi connectivity index (χ4v) is 9.91. The van der Waals surface area contributed by atoms with Crippen LogP contribution < -0.4 is 0 Å². The molecule has 0 unspecified atom stereocenters. The predicted molar refractivity (Wildman–Crippen MR) is 123 cm³/mol. The molecule has 36 heavy (non-hydrogen) atoms. The summed E-state index contributed by atoms with van der Waals surface area (Å²) in [7, 11) is 1.41. The van der Waals surface area contributed by atoms with Gasteiger partial charge in [0.25, 0.3) is 0 Å². The zero-order valence-corrected chi connectivity index (χ0v) is 21.5. The van der Waals surface area contributed by atoms with Crippen LogP contribution in [0.3, 0.4) is 0 Å². The predicted octanol–water partition coefficient (Wildman–Crippen LogP) is 0.322. The van der Waals surface area contributed by atoms with Gasteiger partial charge in [-0.2, -0.15) is 0 Å². The van der Waals surface area contributed by atoms with Crippen molar-refractivity contribution in [2.75, 3.05) is 7.11 Å². The Morgan fingerprint density at radius 2 is 1.86 bits per heavy atom. The van der Waals surface area contributed by atoms with Gasteiger partial charge in [-0.25, -0.2) is 4.79 Å². The molecule has 0 aromatic carbocycles. The monoisotopic (exact) mass is 507 g/mol. The molecule has 1 aromatic heterocycles. The van der Waals surface area contributed by atoms with Crippen LogP contribution in [0.25, 0.3) is 0 Å². The molecule has 2 aliphatic heterocycles. The zero-order chi connectivity index (χ0) is 26.5. The van der Waals surface area contributed by atoms with Crippen molar-refractivity contribution in [3.05, 3.63) is 24.0 Å². The van der Waals surface area contributed by atoms with Crippen LogP contribution in [0.15, 0.2) is 18.3 Å². The van der Waals surface area contributed by atoms with Crippen LogP contribution in [0.5, 0.6) is 0 Å². The lowest BCUT2D eigenvalue weighted by Crippen LogP contribution is -2.77. The Morgan fingerprint density at radius 3 is 2.42 bits per heavy atom. The maximum atomic E-state index is 13.2. The number of H-pyrrole nitrogens is 1. The number of aromatic amines is 1. The average molecular weight is 508 g/mol. The fraction of sp³-hybridized carbons (Fsp3) is 0.808. The van der Waals surface area contributed by atoms with Gasteiger partial charge in [-0.15, -0.1) is 0 Å². The van der Waals surface area contributed by atoms with E-state index < -0.39 is 81.1 Å². The van der Waals surface area contributed by atoms with Gasteiger partial charge >= 0.3 is 5.97 Å². The highest BCUT2D eigenvalue weighted by atomic mass is 16.7. The molecule has 6 aliphatic rings. The molecule has 7 rings (SSSR count). The Bertz CT molecular complexity index is 1130. The number of hydrogen-bond donors (Lipinski definition) is 6. The molecule has 4 aliphatic carbocycles. The standard InChI is InChI=1S/C26H37NO9/c1-12(2)24(32)18(35-19(29)14-8-7-9-27-14)16-20(4)11-23(31)21(24,5)25(16,33)26(36-23)17(34-6)13(3)15(28)10-22(20,26)30/h7-9,12-13,15-18,27-28,30-33H,10-11H2,1-6H3/t13-,15-,16-,17-,18-,20+,21-,22-,23-,24+,25-,26+/m0/s1. The lowest BCUT2D eigenvalue weighted by Gasteiger charge is -2.61. The molecule has 0 amide bonds. The minimum absolute atomic E-state index is 0.132. The van der Waals surface area contributed by atoms with Gasteiger partial charge in [0, 0.05) is 43.4 Å². The van der Waals surface area contributed by atoms with E-state index in [1.54, 1.807) is 52.9 Å². The first-order chi connectivity index (χ1) is 16.6. The Kier molecular flexibility index (Phi) is 4.50. The number of carbonyl (C=O) groups excluding carboxylic acids is 1. The number of methoxy groups -OCH3 is 1. The van der Waals surface area contributed by atoms with Crippen LogP contribution in [0.1, 0.15) is 57.9 Å². The van der Waals surface area contributed by atoms with Crippen LogP contribution in [0.2, 0.25) is 0 Å². The molecule has 200 valence electrons. The molecule has 4 saturated carbocycles. The first-order valence-electron chi connectivity index (χ1n) is 12.7. The molecule has 2 saturated heterocycles. The molecule has 1 aromatic rings. The maximum Gasteiger partial charge on any atom is 0.355 e. The van der Waals surface area contributed by atoms with Crippen LogP contribution >= 0.6 is 0 Å². The quantitative estimate of drug-likeness (QED) is 0.315. The summed E-state index contributed by atoms with van der Waals surface area (Å²) in [6.07, 6.45) is -1.99. The summed E-state index contributed by atoms with van der Waals surface area (Å²) in [6, 6.07) is 3.19. The lowest BCUT2D eigenvalue weighted by atomic mass is 9.54. The van der Waals surface area contributed by atoms with E-state index in [-0.39, 0.29) is 18.5 Å². The van der Waals surface area contributed by atoms with E-state index in [4.69, 9.17) is 14.2 Å². The van der Waals surface area contributed by atoms with E-state index in [1.165, 1.54) is 7.11 Å². The molecule has 0 radical (unpaired) electrons. The Labute approximate surface area is 209 Å². The summed E-state index contributed by atoms with van der Waals surface area (Å²) in [5.41, 5.74) is -10.7. The Balaban J connectivity index is 1.65. The smallest absolute Gasteiger partial charge is 0.355 e. The van der Waals surface area contributed by atoms with Crippen molar-refractivity contribution in [2.45, 2.75) is 94.0 Å². The van der Waals surface area contributed by atoms with Gasteiger partial charge in [-0.1, -0.05) is 27.7 Å². The minimum atomic E-state index is -2.08. The fourth-order valence-electron chi connectivity index (χ4n) is 9.91. The number of aliphatic hydroxyl groups is 5. The van der Waals surface area contributed by atoms with Gasteiger partial charge in [0.05, 0.1) is 17.6 Å². The van der Waals surface area contributed by atoms with Crippen molar-refractivity contribution in [1.82, 2.24) is 4.98 Å². The lowest BCUT2D eigenvalue weighted by molar-refractivity contribution is -0.393. The molecule has 6 fully saturated rings. The Morgan fingerprint density at radius 1 is 1.19 bits per heavy atom. The number of hydrogen-bond acceptors (Lipinski definition) is 9. The number of esters is 1.